The van der Waals surface area contributed by atoms with E-state index in [9.17, 15) is 33.9 Å². The molecule has 15 heteroatoms. The molecular formula is C17H30N6O9. The van der Waals surface area contributed by atoms with Crippen LogP contribution in [0.5, 0.6) is 0 Å². The summed E-state index contributed by atoms with van der Waals surface area (Å²) >= 11 is 0. The minimum atomic E-state index is -1.68. The number of carboxylic acids is 1. The van der Waals surface area contributed by atoms with Crippen molar-refractivity contribution in [2.24, 2.45) is 17.2 Å². The van der Waals surface area contributed by atoms with E-state index in [-0.39, 0.29) is 25.7 Å². The highest BCUT2D eigenvalue weighted by Gasteiger charge is 2.32. The molecule has 0 heterocycles. The zero-order valence-corrected chi connectivity index (χ0v) is 17.4. The van der Waals surface area contributed by atoms with E-state index in [4.69, 9.17) is 27.4 Å². The van der Waals surface area contributed by atoms with Gasteiger partial charge in [0.2, 0.25) is 29.5 Å². The molecule has 5 amide bonds. The van der Waals surface area contributed by atoms with Gasteiger partial charge in [-0.1, -0.05) is 0 Å². The number of aliphatic hydroxyl groups is 2. The van der Waals surface area contributed by atoms with Crippen LogP contribution in [0.1, 0.15) is 32.6 Å². The highest BCUT2D eigenvalue weighted by Crippen LogP contribution is 2.03. The average molecular weight is 462 g/mol. The molecule has 0 aromatic heterocycles. The van der Waals surface area contributed by atoms with E-state index < -0.39 is 72.4 Å². The number of rotatable bonds is 15. The van der Waals surface area contributed by atoms with E-state index in [1.165, 1.54) is 6.92 Å². The van der Waals surface area contributed by atoms with Crippen molar-refractivity contribution >= 4 is 35.5 Å². The fourth-order valence-corrected chi connectivity index (χ4v) is 2.37. The van der Waals surface area contributed by atoms with Crippen LogP contribution < -0.4 is 33.2 Å². The molecular weight excluding hydrogens is 432 g/mol. The van der Waals surface area contributed by atoms with Crippen LogP contribution in [0.2, 0.25) is 0 Å². The quantitative estimate of drug-likeness (QED) is 0.111. The second kappa shape index (κ2) is 13.9. The largest absolute Gasteiger partial charge is 0.480 e. The standard InChI is InChI=1S/C17H30N6O9/c1-7(25)13(23-14(28)8(18)2-4-11(19)26)16(30)21-9(3-5-12(20)27)15(29)22-10(6-24)17(31)32/h7-10,13,24-25H,2-6,18H2,1H3,(H2,19,26)(H2,20,27)(H,21,30)(H,22,29)(H,23,28)(H,31,32). The lowest BCUT2D eigenvalue weighted by Crippen LogP contribution is -2.60. The Morgan fingerprint density at radius 2 is 1.31 bits per heavy atom. The van der Waals surface area contributed by atoms with Gasteiger partial charge >= 0.3 is 5.97 Å². The molecule has 0 aliphatic rings. The lowest BCUT2D eigenvalue weighted by molar-refractivity contribution is -0.143. The molecule has 0 spiro atoms. The van der Waals surface area contributed by atoms with E-state index in [1.807, 2.05) is 5.32 Å². The Morgan fingerprint density at radius 1 is 0.812 bits per heavy atom. The van der Waals surface area contributed by atoms with E-state index in [1.54, 1.807) is 0 Å². The minimum absolute atomic E-state index is 0.114. The molecule has 5 atom stereocenters. The van der Waals surface area contributed by atoms with Crippen molar-refractivity contribution in [3.8, 4) is 0 Å². The summed E-state index contributed by atoms with van der Waals surface area (Å²) in [5.74, 6) is -6.01. The number of carboxylic acid groups (broad SMARTS) is 1. The minimum Gasteiger partial charge on any atom is -0.480 e. The smallest absolute Gasteiger partial charge is 0.328 e. The van der Waals surface area contributed by atoms with E-state index in [2.05, 4.69) is 10.6 Å². The van der Waals surface area contributed by atoms with Gasteiger partial charge in [0.05, 0.1) is 18.8 Å². The van der Waals surface area contributed by atoms with Gasteiger partial charge in [-0.15, -0.1) is 0 Å². The summed E-state index contributed by atoms with van der Waals surface area (Å²) in [5.41, 5.74) is 15.6. The van der Waals surface area contributed by atoms with Crippen molar-refractivity contribution in [1.82, 2.24) is 16.0 Å². The number of hydrogen-bond donors (Lipinski definition) is 9. The molecule has 0 aromatic carbocycles. The fraction of sp³-hybridized carbons (Fsp3) is 0.647. The summed E-state index contributed by atoms with van der Waals surface area (Å²) < 4.78 is 0. The van der Waals surface area contributed by atoms with Gasteiger partial charge in [-0.25, -0.2) is 4.79 Å². The number of carbonyl (C=O) groups excluding carboxylic acids is 5. The third-order valence-electron chi connectivity index (χ3n) is 4.21. The number of carbonyl (C=O) groups is 6. The normalized spacial score (nSPS) is 15.4. The van der Waals surface area contributed by atoms with Crippen LogP contribution in [0, 0.1) is 0 Å². The van der Waals surface area contributed by atoms with E-state index in [0.29, 0.717) is 0 Å². The zero-order valence-electron chi connectivity index (χ0n) is 17.4. The first-order valence-electron chi connectivity index (χ1n) is 9.55. The lowest BCUT2D eigenvalue weighted by Gasteiger charge is -2.26. The number of aliphatic hydroxyl groups excluding tert-OH is 2. The average Bonchev–Trinajstić information content (AvgIpc) is 2.69. The molecule has 5 unspecified atom stereocenters. The van der Waals surface area contributed by atoms with Crippen LogP contribution in [0.3, 0.4) is 0 Å². The van der Waals surface area contributed by atoms with Gasteiger partial charge < -0.3 is 48.5 Å². The van der Waals surface area contributed by atoms with Crippen molar-refractivity contribution in [3.05, 3.63) is 0 Å². The summed E-state index contributed by atoms with van der Waals surface area (Å²) in [7, 11) is 0. The van der Waals surface area contributed by atoms with Gasteiger partial charge in [0.1, 0.15) is 18.1 Å². The summed E-state index contributed by atoms with van der Waals surface area (Å²) in [6.45, 7) is 0.233. The topological polar surface area (TPSA) is 277 Å². The van der Waals surface area contributed by atoms with Gasteiger partial charge in [0.25, 0.3) is 0 Å². The Bertz CT molecular complexity index is 715. The second-order valence-electron chi connectivity index (χ2n) is 6.99. The van der Waals surface area contributed by atoms with Crippen molar-refractivity contribution < 1.29 is 44.1 Å². The number of nitrogens with one attached hydrogen (secondary N) is 3. The number of nitrogens with two attached hydrogens (primary N) is 3. The summed E-state index contributed by atoms with van der Waals surface area (Å²) in [5, 5.41) is 34.2. The van der Waals surface area contributed by atoms with Crippen LogP contribution >= 0.6 is 0 Å². The number of primary amides is 2. The van der Waals surface area contributed by atoms with Crippen molar-refractivity contribution in [3.63, 3.8) is 0 Å². The van der Waals surface area contributed by atoms with Gasteiger partial charge in [-0.3, -0.25) is 24.0 Å². The van der Waals surface area contributed by atoms with Gasteiger partial charge in [-0.2, -0.15) is 0 Å². The Morgan fingerprint density at radius 3 is 1.75 bits per heavy atom. The maximum Gasteiger partial charge on any atom is 0.328 e. The maximum absolute atomic E-state index is 12.6. The second-order valence-corrected chi connectivity index (χ2v) is 6.99. The highest BCUT2D eigenvalue weighted by atomic mass is 16.4. The molecule has 0 aliphatic heterocycles. The van der Waals surface area contributed by atoms with Crippen LogP contribution in [0.15, 0.2) is 0 Å². The lowest BCUT2D eigenvalue weighted by atomic mass is 10.1. The van der Waals surface area contributed by atoms with Crippen LogP contribution in [0.4, 0.5) is 0 Å². The first-order chi connectivity index (χ1) is 14.8. The highest BCUT2D eigenvalue weighted by molar-refractivity contribution is 5.94. The summed E-state index contributed by atoms with van der Waals surface area (Å²) in [6.07, 6.45) is -2.45. The molecule has 12 N–H and O–H groups in total. The van der Waals surface area contributed by atoms with E-state index >= 15 is 0 Å². The first-order valence-corrected chi connectivity index (χ1v) is 9.55. The Balaban J connectivity index is 5.37. The Kier molecular flexibility index (Phi) is 12.5. The molecule has 15 nitrogen and oxygen atoms in total. The SMILES string of the molecule is CC(O)C(NC(=O)C(N)CCC(N)=O)C(=O)NC(CCC(N)=O)C(=O)NC(CO)C(=O)O. The number of amides is 5. The summed E-state index contributed by atoms with van der Waals surface area (Å²) in [6, 6.07) is -5.96. The number of aliphatic carboxylic acids is 1. The van der Waals surface area contributed by atoms with Crippen molar-refractivity contribution in [2.75, 3.05) is 6.61 Å². The van der Waals surface area contributed by atoms with Crippen LogP contribution in [-0.2, 0) is 28.8 Å². The molecule has 0 bridgehead atoms. The maximum atomic E-state index is 12.6. The summed E-state index contributed by atoms with van der Waals surface area (Å²) in [4.78, 5) is 70.0. The first kappa shape index (κ1) is 28.7. The van der Waals surface area contributed by atoms with Gasteiger partial charge in [0.15, 0.2) is 0 Å². The Labute approximate surface area is 183 Å². The monoisotopic (exact) mass is 462 g/mol. The van der Waals surface area contributed by atoms with Crippen molar-refractivity contribution in [2.45, 2.75) is 62.9 Å². The molecule has 0 aromatic rings. The molecule has 0 saturated heterocycles. The van der Waals surface area contributed by atoms with Crippen LogP contribution in [0.25, 0.3) is 0 Å². The van der Waals surface area contributed by atoms with Gasteiger partial charge in [0, 0.05) is 12.8 Å². The predicted molar refractivity (Wildman–Crippen MR) is 107 cm³/mol. The Hall–Kier alpha value is -3.30. The predicted octanol–water partition coefficient (Wildman–Crippen LogP) is -5.24. The number of hydrogen-bond acceptors (Lipinski definition) is 9. The third kappa shape index (κ3) is 10.6. The fourth-order valence-electron chi connectivity index (χ4n) is 2.37. The molecule has 0 fully saturated rings. The third-order valence-corrected chi connectivity index (χ3v) is 4.21. The molecule has 0 rings (SSSR count). The molecule has 0 aliphatic carbocycles. The molecule has 32 heavy (non-hydrogen) atoms. The van der Waals surface area contributed by atoms with Gasteiger partial charge in [-0.05, 0) is 19.8 Å². The van der Waals surface area contributed by atoms with Crippen molar-refractivity contribution in [1.29, 1.82) is 0 Å². The zero-order chi connectivity index (χ0) is 25.0. The van der Waals surface area contributed by atoms with Crippen LogP contribution in [-0.4, -0.2) is 87.7 Å². The van der Waals surface area contributed by atoms with E-state index in [0.717, 1.165) is 0 Å². The molecule has 0 radical (unpaired) electrons. The molecule has 0 saturated carbocycles. The molecule has 182 valence electrons.